The molecule has 0 saturated heterocycles. The standard InChI is InChI=1S/C12H25NO3S/c13-11-9-7-5-3-1-2-4-6-8-10-12-17(14,15)16/h1,3H,2,4-13H2,(H,14,15,16)/b3-1-. The van der Waals surface area contributed by atoms with E-state index in [0.717, 1.165) is 51.5 Å². The van der Waals surface area contributed by atoms with Crippen molar-refractivity contribution in [3.05, 3.63) is 12.2 Å². The zero-order chi connectivity index (χ0) is 13.0. The van der Waals surface area contributed by atoms with Gasteiger partial charge in [0.25, 0.3) is 10.1 Å². The molecule has 0 rings (SSSR count). The van der Waals surface area contributed by atoms with E-state index < -0.39 is 10.1 Å². The molecule has 0 radical (unpaired) electrons. The second-order valence-electron chi connectivity index (χ2n) is 4.24. The summed E-state index contributed by atoms with van der Waals surface area (Å²) in [6, 6.07) is 0. The highest BCUT2D eigenvalue weighted by molar-refractivity contribution is 7.85. The molecule has 0 saturated carbocycles. The van der Waals surface area contributed by atoms with Gasteiger partial charge in [-0.3, -0.25) is 4.55 Å². The topological polar surface area (TPSA) is 80.4 Å². The summed E-state index contributed by atoms with van der Waals surface area (Å²) in [5.74, 6) is -0.109. The Balaban J connectivity index is 3.18. The van der Waals surface area contributed by atoms with Crippen molar-refractivity contribution in [1.82, 2.24) is 0 Å². The molecule has 0 aromatic rings. The van der Waals surface area contributed by atoms with Gasteiger partial charge >= 0.3 is 0 Å². The van der Waals surface area contributed by atoms with Crippen molar-refractivity contribution in [3.63, 3.8) is 0 Å². The van der Waals surface area contributed by atoms with Gasteiger partial charge in [0.15, 0.2) is 0 Å². The first-order chi connectivity index (χ1) is 8.06. The number of nitrogens with two attached hydrogens (primary N) is 1. The Hall–Kier alpha value is -0.390. The lowest BCUT2D eigenvalue weighted by Crippen LogP contribution is -2.03. The normalized spacial score (nSPS) is 12.4. The second-order valence-corrected chi connectivity index (χ2v) is 5.82. The van der Waals surface area contributed by atoms with Crippen LogP contribution in [0, 0.1) is 0 Å². The van der Waals surface area contributed by atoms with Crippen LogP contribution in [0.15, 0.2) is 12.2 Å². The van der Waals surface area contributed by atoms with Crippen molar-refractivity contribution in [2.75, 3.05) is 12.3 Å². The maximum absolute atomic E-state index is 10.4. The van der Waals surface area contributed by atoms with Gasteiger partial charge in [-0.25, -0.2) is 0 Å². The van der Waals surface area contributed by atoms with E-state index >= 15 is 0 Å². The van der Waals surface area contributed by atoms with Crippen molar-refractivity contribution < 1.29 is 13.0 Å². The minimum atomic E-state index is -3.76. The first kappa shape index (κ1) is 16.6. The zero-order valence-electron chi connectivity index (χ0n) is 10.5. The summed E-state index contributed by atoms with van der Waals surface area (Å²) >= 11 is 0. The summed E-state index contributed by atoms with van der Waals surface area (Å²) in [6.45, 7) is 0.765. The van der Waals surface area contributed by atoms with Crippen LogP contribution in [0.5, 0.6) is 0 Å². The van der Waals surface area contributed by atoms with Gasteiger partial charge in [0.1, 0.15) is 0 Å². The van der Waals surface area contributed by atoms with Crippen LogP contribution < -0.4 is 5.73 Å². The summed E-state index contributed by atoms with van der Waals surface area (Å²) in [5.41, 5.74) is 5.38. The molecule has 0 atom stereocenters. The number of unbranched alkanes of at least 4 members (excludes halogenated alkanes) is 6. The minimum Gasteiger partial charge on any atom is -0.330 e. The van der Waals surface area contributed by atoms with Crippen LogP contribution in [0.1, 0.15) is 51.4 Å². The van der Waals surface area contributed by atoms with Crippen LogP contribution in [-0.4, -0.2) is 25.3 Å². The third kappa shape index (κ3) is 15.6. The van der Waals surface area contributed by atoms with Crippen LogP contribution >= 0.6 is 0 Å². The second kappa shape index (κ2) is 10.7. The zero-order valence-corrected chi connectivity index (χ0v) is 11.3. The molecule has 0 amide bonds. The van der Waals surface area contributed by atoms with Gasteiger partial charge in [0.2, 0.25) is 0 Å². The lowest BCUT2D eigenvalue weighted by molar-refractivity contribution is 0.479. The summed E-state index contributed by atoms with van der Waals surface area (Å²) in [6.07, 6.45) is 12.3. The Morgan fingerprint density at radius 1 is 0.882 bits per heavy atom. The van der Waals surface area contributed by atoms with Crippen LogP contribution in [0.3, 0.4) is 0 Å². The van der Waals surface area contributed by atoms with Crippen molar-refractivity contribution in [2.24, 2.45) is 5.73 Å². The number of hydrogen-bond donors (Lipinski definition) is 2. The average Bonchev–Trinajstić information content (AvgIpc) is 2.24. The van der Waals surface area contributed by atoms with E-state index in [0.29, 0.717) is 6.42 Å². The van der Waals surface area contributed by atoms with Gasteiger partial charge in [0, 0.05) is 0 Å². The monoisotopic (exact) mass is 263 g/mol. The third-order valence-electron chi connectivity index (χ3n) is 2.51. The van der Waals surface area contributed by atoms with E-state index in [1.165, 1.54) is 0 Å². The van der Waals surface area contributed by atoms with Crippen molar-refractivity contribution in [2.45, 2.75) is 51.4 Å². The van der Waals surface area contributed by atoms with Crippen molar-refractivity contribution >= 4 is 10.1 Å². The molecule has 0 bridgehead atoms. The van der Waals surface area contributed by atoms with Gasteiger partial charge in [-0.1, -0.05) is 25.0 Å². The van der Waals surface area contributed by atoms with Crippen LogP contribution in [-0.2, 0) is 10.1 Å². The summed E-state index contributed by atoms with van der Waals surface area (Å²) in [5, 5.41) is 0. The molecule has 0 aliphatic rings. The van der Waals surface area contributed by atoms with Gasteiger partial charge in [-0.05, 0) is 45.1 Å². The molecule has 0 fully saturated rings. The Morgan fingerprint density at radius 3 is 1.94 bits per heavy atom. The fourth-order valence-electron chi connectivity index (χ4n) is 1.54. The molecule has 0 aliphatic heterocycles. The molecule has 0 aromatic heterocycles. The van der Waals surface area contributed by atoms with E-state index in [1.54, 1.807) is 0 Å². The molecule has 5 heteroatoms. The number of hydrogen-bond acceptors (Lipinski definition) is 3. The Morgan fingerprint density at radius 2 is 1.41 bits per heavy atom. The van der Waals surface area contributed by atoms with E-state index in [9.17, 15) is 8.42 Å². The lowest BCUT2D eigenvalue weighted by Gasteiger charge is -1.98. The highest BCUT2D eigenvalue weighted by Gasteiger charge is 2.02. The van der Waals surface area contributed by atoms with E-state index in [-0.39, 0.29) is 5.75 Å². The largest absolute Gasteiger partial charge is 0.330 e. The quantitative estimate of drug-likeness (QED) is 0.341. The van der Waals surface area contributed by atoms with Gasteiger partial charge in [-0.2, -0.15) is 8.42 Å². The summed E-state index contributed by atoms with van der Waals surface area (Å²) < 4.78 is 29.4. The Bertz CT molecular complexity index is 286. The SMILES string of the molecule is NCCCC/C=C\CCCCCCS(=O)(=O)O. The van der Waals surface area contributed by atoms with Crippen molar-refractivity contribution in [1.29, 1.82) is 0 Å². The Labute approximate surface area is 105 Å². The first-order valence-electron chi connectivity index (χ1n) is 6.36. The van der Waals surface area contributed by atoms with E-state index in [4.69, 9.17) is 10.3 Å². The predicted octanol–water partition coefficient (Wildman–Crippen LogP) is 2.51. The summed E-state index contributed by atoms with van der Waals surface area (Å²) in [4.78, 5) is 0. The predicted molar refractivity (Wildman–Crippen MR) is 71.5 cm³/mol. The molecule has 4 nitrogen and oxygen atoms in total. The molecule has 102 valence electrons. The highest BCUT2D eigenvalue weighted by Crippen LogP contribution is 2.05. The fraction of sp³-hybridized carbons (Fsp3) is 0.833. The maximum atomic E-state index is 10.4. The molecule has 0 heterocycles. The van der Waals surface area contributed by atoms with Crippen LogP contribution in [0.4, 0.5) is 0 Å². The maximum Gasteiger partial charge on any atom is 0.264 e. The first-order valence-corrected chi connectivity index (χ1v) is 7.97. The lowest BCUT2D eigenvalue weighted by atomic mass is 10.1. The van der Waals surface area contributed by atoms with Gasteiger partial charge in [0.05, 0.1) is 5.75 Å². The minimum absolute atomic E-state index is 0.109. The van der Waals surface area contributed by atoms with E-state index in [1.807, 2.05) is 0 Å². The van der Waals surface area contributed by atoms with Gasteiger partial charge in [-0.15, -0.1) is 0 Å². The smallest absolute Gasteiger partial charge is 0.264 e. The Kier molecular flexibility index (Phi) is 10.5. The van der Waals surface area contributed by atoms with Crippen LogP contribution in [0.2, 0.25) is 0 Å². The van der Waals surface area contributed by atoms with Crippen LogP contribution in [0.25, 0.3) is 0 Å². The molecule has 0 aromatic carbocycles. The molecule has 17 heavy (non-hydrogen) atoms. The number of allylic oxidation sites excluding steroid dienone is 2. The fourth-order valence-corrected chi connectivity index (χ4v) is 2.11. The molecule has 3 N–H and O–H groups in total. The molecular weight excluding hydrogens is 238 g/mol. The van der Waals surface area contributed by atoms with Crippen molar-refractivity contribution in [3.8, 4) is 0 Å². The highest BCUT2D eigenvalue weighted by atomic mass is 32.2. The summed E-state index contributed by atoms with van der Waals surface area (Å²) in [7, 11) is -3.76. The van der Waals surface area contributed by atoms with Gasteiger partial charge < -0.3 is 5.73 Å². The molecule has 0 spiro atoms. The molecule has 0 aliphatic carbocycles. The number of rotatable bonds is 11. The third-order valence-corrected chi connectivity index (χ3v) is 3.32. The van der Waals surface area contributed by atoms with E-state index in [2.05, 4.69) is 12.2 Å². The molecular formula is C12H25NO3S. The molecule has 0 unspecified atom stereocenters. The average molecular weight is 263 g/mol.